The van der Waals surface area contributed by atoms with Crippen molar-refractivity contribution < 1.29 is 4.39 Å². The fraction of sp³-hybridized carbons (Fsp3) is 0.538. The van der Waals surface area contributed by atoms with Gasteiger partial charge in [0.25, 0.3) is 0 Å². The van der Waals surface area contributed by atoms with E-state index in [1.165, 1.54) is 5.56 Å². The van der Waals surface area contributed by atoms with Crippen LogP contribution in [0.5, 0.6) is 0 Å². The predicted molar refractivity (Wildman–Crippen MR) is 60.8 cm³/mol. The maximum atomic E-state index is 14.1. The van der Waals surface area contributed by atoms with E-state index in [-0.39, 0.29) is 5.41 Å². The summed E-state index contributed by atoms with van der Waals surface area (Å²) in [4.78, 5) is 0. The number of halogens is 1. The molecule has 1 saturated heterocycles. The van der Waals surface area contributed by atoms with Crippen LogP contribution in [0.1, 0.15) is 31.9 Å². The van der Waals surface area contributed by atoms with Gasteiger partial charge in [0.2, 0.25) is 0 Å². The summed E-state index contributed by atoms with van der Waals surface area (Å²) in [6, 6.07) is 7.91. The maximum absolute atomic E-state index is 14.1. The Balaban J connectivity index is 2.35. The Bertz CT molecular complexity index is 361. The van der Waals surface area contributed by atoms with Crippen LogP contribution >= 0.6 is 0 Å². The molecule has 0 spiro atoms. The maximum Gasteiger partial charge on any atom is 0.160 e. The van der Waals surface area contributed by atoms with E-state index in [4.69, 9.17) is 0 Å². The van der Waals surface area contributed by atoms with Crippen LogP contribution in [0, 0.1) is 0 Å². The average Bonchev–Trinajstić information content (AvgIpc) is 2.13. The van der Waals surface area contributed by atoms with Gasteiger partial charge in [0, 0.05) is 13.1 Å². The highest BCUT2D eigenvalue weighted by Gasteiger charge is 2.39. The van der Waals surface area contributed by atoms with E-state index < -0.39 is 5.67 Å². The lowest BCUT2D eigenvalue weighted by Gasteiger charge is -2.36. The zero-order chi connectivity index (χ0) is 11.1. The van der Waals surface area contributed by atoms with Gasteiger partial charge in [0.05, 0.1) is 0 Å². The molecular formula is C13H18FN. The Morgan fingerprint density at radius 3 is 2.40 bits per heavy atom. The summed E-state index contributed by atoms with van der Waals surface area (Å²) in [6.45, 7) is 7.34. The molecule has 1 heterocycles. The zero-order valence-electron chi connectivity index (χ0n) is 9.60. The summed E-state index contributed by atoms with van der Waals surface area (Å²) in [5.41, 5.74) is 0.961. The molecule has 1 aromatic rings. The number of hydrogen-bond acceptors (Lipinski definition) is 1. The quantitative estimate of drug-likeness (QED) is 0.746. The number of rotatable bonds is 1. The van der Waals surface area contributed by atoms with Crippen molar-refractivity contribution in [3.8, 4) is 0 Å². The molecule has 0 aliphatic carbocycles. The van der Waals surface area contributed by atoms with E-state index >= 15 is 0 Å². The number of benzene rings is 1. The fourth-order valence-electron chi connectivity index (χ4n) is 1.81. The predicted octanol–water partition coefficient (Wildman–Crippen LogP) is 2.75. The van der Waals surface area contributed by atoms with Crippen LogP contribution in [0.25, 0.3) is 0 Å². The highest BCUT2D eigenvalue weighted by molar-refractivity contribution is 5.34. The highest BCUT2D eigenvalue weighted by atomic mass is 19.1. The second kappa shape index (κ2) is 3.31. The second-order valence-corrected chi connectivity index (χ2v) is 5.40. The van der Waals surface area contributed by atoms with Crippen molar-refractivity contribution in [3.05, 3.63) is 35.4 Å². The van der Waals surface area contributed by atoms with E-state index in [0.29, 0.717) is 13.1 Å². The zero-order valence-corrected chi connectivity index (χ0v) is 9.60. The summed E-state index contributed by atoms with van der Waals surface area (Å²) >= 11 is 0. The van der Waals surface area contributed by atoms with Gasteiger partial charge in [-0.1, -0.05) is 45.0 Å². The Kier molecular flexibility index (Phi) is 2.34. The molecule has 1 aliphatic rings. The van der Waals surface area contributed by atoms with Gasteiger partial charge in [0.1, 0.15) is 0 Å². The lowest BCUT2D eigenvalue weighted by atomic mass is 9.82. The van der Waals surface area contributed by atoms with Gasteiger partial charge in [-0.2, -0.15) is 0 Å². The summed E-state index contributed by atoms with van der Waals surface area (Å²) in [5.74, 6) is 0. The molecule has 15 heavy (non-hydrogen) atoms. The highest BCUT2D eigenvalue weighted by Crippen LogP contribution is 2.32. The first kappa shape index (κ1) is 10.6. The smallest absolute Gasteiger partial charge is 0.160 e. The molecule has 1 aliphatic heterocycles. The average molecular weight is 207 g/mol. The first-order chi connectivity index (χ1) is 6.92. The summed E-state index contributed by atoms with van der Waals surface area (Å²) < 4.78 is 14.1. The third kappa shape index (κ3) is 1.91. The molecule has 0 amide bonds. The van der Waals surface area contributed by atoms with Crippen LogP contribution in [0.3, 0.4) is 0 Å². The van der Waals surface area contributed by atoms with E-state index in [9.17, 15) is 4.39 Å². The van der Waals surface area contributed by atoms with Gasteiger partial charge >= 0.3 is 0 Å². The van der Waals surface area contributed by atoms with Crippen molar-refractivity contribution in [1.29, 1.82) is 0 Å². The van der Waals surface area contributed by atoms with Crippen molar-refractivity contribution >= 4 is 0 Å². The van der Waals surface area contributed by atoms with Gasteiger partial charge in [-0.25, -0.2) is 4.39 Å². The van der Waals surface area contributed by atoms with Gasteiger partial charge < -0.3 is 5.32 Å². The molecule has 1 aromatic carbocycles. The molecule has 1 N–H and O–H groups in total. The largest absolute Gasteiger partial charge is 0.310 e. The van der Waals surface area contributed by atoms with Gasteiger partial charge in [0.15, 0.2) is 5.67 Å². The minimum atomic E-state index is -1.14. The first-order valence-electron chi connectivity index (χ1n) is 5.42. The molecular weight excluding hydrogens is 189 g/mol. The molecule has 0 bridgehead atoms. The lowest BCUT2D eigenvalue weighted by Crippen LogP contribution is -2.53. The first-order valence-corrected chi connectivity index (χ1v) is 5.42. The molecule has 1 nitrogen and oxygen atoms in total. The van der Waals surface area contributed by atoms with E-state index in [1.54, 1.807) is 0 Å². The lowest BCUT2D eigenvalue weighted by molar-refractivity contribution is 0.0890. The summed E-state index contributed by atoms with van der Waals surface area (Å²) in [7, 11) is 0. The van der Waals surface area contributed by atoms with E-state index in [0.717, 1.165) is 5.56 Å². The topological polar surface area (TPSA) is 12.0 Å². The van der Waals surface area contributed by atoms with E-state index in [2.05, 4.69) is 32.2 Å². The van der Waals surface area contributed by atoms with Crippen molar-refractivity contribution in [2.24, 2.45) is 0 Å². The molecule has 0 saturated carbocycles. The number of hydrogen-bond donors (Lipinski definition) is 1. The molecule has 0 radical (unpaired) electrons. The van der Waals surface area contributed by atoms with Crippen molar-refractivity contribution in [2.75, 3.05) is 13.1 Å². The fourth-order valence-corrected chi connectivity index (χ4v) is 1.81. The van der Waals surface area contributed by atoms with Gasteiger partial charge in [-0.3, -0.25) is 0 Å². The Morgan fingerprint density at radius 2 is 1.93 bits per heavy atom. The molecule has 0 unspecified atom stereocenters. The Labute approximate surface area is 90.7 Å². The van der Waals surface area contributed by atoms with Crippen molar-refractivity contribution in [1.82, 2.24) is 5.32 Å². The minimum Gasteiger partial charge on any atom is -0.310 e. The third-order valence-corrected chi connectivity index (χ3v) is 3.06. The molecule has 2 heteroatoms. The van der Waals surface area contributed by atoms with Crippen molar-refractivity contribution in [3.63, 3.8) is 0 Å². The van der Waals surface area contributed by atoms with Crippen LogP contribution in [-0.4, -0.2) is 13.1 Å². The molecule has 2 rings (SSSR count). The molecule has 0 aromatic heterocycles. The normalized spacial score (nSPS) is 19.7. The van der Waals surface area contributed by atoms with Crippen molar-refractivity contribution in [2.45, 2.75) is 31.9 Å². The van der Waals surface area contributed by atoms with Crippen LogP contribution in [-0.2, 0) is 11.1 Å². The minimum absolute atomic E-state index is 0.0869. The van der Waals surface area contributed by atoms with Crippen LogP contribution in [0.2, 0.25) is 0 Å². The number of nitrogens with one attached hydrogen (secondary N) is 1. The summed E-state index contributed by atoms with van der Waals surface area (Å²) in [5, 5.41) is 2.98. The van der Waals surface area contributed by atoms with E-state index in [1.807, 2.05) is 18.2 Å². The third-order valence-electron chi connectivity index (χ3n) is 3.06. The van der Waals surface area contributed by atoms with Crippen LogP contribution in [0.15, 0.2) is 24.3 Å². The summed E-state index contributed by atoms with van der Waals surface area (Å²) in [6.07, 6.45) is 0. The van der Waals surface area contributed by atoms with Gasteiger partial charge in [-0.15, -0.1) is 0 Å². The SMILES string of the molecule is CC(C)(C)c1cccc(C2(F)CNC2)c1. The molecule has 82 valence electrons. The standard InChI is InChI=1S/C13H18FN/c1-12(2,3)10-5-4-6-11(7-10)13(14)8-15-9-13/h4-7,15H,8-9H2,1-3H3. The Morgan fingerprint density at radius 1 is 1.27 bits per heavy atom. The van der Waals surface area contributed by atoms with Gasteiger partial charge in [-0.05, 0) is 16.5 Å². The molecule has 1 fully saturated rings. The molecule has 0 atom stereocenters. The monoisotopic (exact) mass is 207 g/mol. The second-order valence-electron chi connectivity index (χ2n) is 5.40. The number of alkyl halides is 1. The van der Waals surface area contributed by atoms with Crippen LogP contribution in [0.4, 0.5) is 4.39 Å². The van der Waals surface area contributed by atoms with Crippen LogP contribution < -0.4 is 5.32 Å². The Hall–Kier alpha value is -0.890.